The van der Waals surface area contributed by atoms with Gasteiger partial charge in [0.2, 0.25) is 10.0 Å². The van der Waals surface area contributed by atoms with Crippen LogP contribution in [0.2, 0.25) is 0 Å². The van der Waals surface area contributed by atoms with Gasteiger partial charge < -0.3 is 19.1 Å². The van der Waals surface area contributed by atoms with Crippen LogP contribution in [0.3, 0.4) is 0 Å². The van der Waals surface area contributed by atoms with Crippen LogP contribution in [0.25, 0.3) is 0 Å². The smallest absolute Gasteiger partial charge is 0.349 e. The topological polar surface area (TPSA) is 85.4 Å². The van der Waals surface area contributed by atoms with E-state index in [1.165, 1.54) is 35.7 Å². The van der Waals surface area contributed by atoms with Crippen molar-refractivity contribution in [1.29, 1.82) is 0 Å². The second kappa shape index (κ2) is 11.4. The molecule has 2 aromatic carbocycles. The van der Waals surface area contributed by atoms with E-state index in [-0.39, 0.29) is 30.4 Å². The molecule has 2 aliphatic heterocycles. The van der Waals surface area contributed by atoms with E-state index in [2.05, 4.69) is 0 Å². The molecule has 0 bridgehead atoms. The van der Waals surface area contributed by atoms with Crippen molar-refractivity contribution < 1.29 is 36.2 Å². The summed E-state index contributed by atoms with van der Waals surface area (Å²) in [5, 5.41) is 0. The summed E-state index contributed by atoms with van der Waals surface area (Å²) in [6.45, 7) is 0.931. The van der Waals surface area contributed by atoms with Gasteiger partial charge in [-0.3, -0.25) is 4.79 Å². The summed E-state index contributed by atoms with van der Waals surface area (Å²) in [5.41, 5.74) is 0.157. The van der Waals surface area contributed by atoms with Crippen LogP contribution in [0.5, 0.6) is 5.75 Å². The van der Waals surface area contributed by atoms with Gasteiger partial charge in [-0.05, 0) is 30.5 Å². The molecule has 11 heteroatoms. The third-order valence-electron chi connectivity index (χ3n) is 6.89. The normalized spacial score (nSPS) is 21.4. The number of carbonyl (C=O) groups excluding carboxylic acids is 1. The Kier molecular flexibility index (Phi) is 8.47. The van der Waals surface area contributed by atoms with E-state index in [1.54, 1.807) is 37.4 Å². The number of halogens is 2. The highest BCUT2D eigenvalue weighted by atomic mass is 32.2. The molecule has 2 fully saturated rings. The standard InChI is InChI=1S/C26H32F2N2O6S/c1-29(21-11-13-35-14-12-21)37(32,33)18-19-7-6-10-22(15-19)36-24-17-30(16-23(24)34-2)25(31)26(27,28)20-8-4-3-5-9-20/h3-10,15,21,23-24H,11-14,16-18H2,1-2H3/t23-,24-/m1/s1. The summed E-state index contributed by atoms with van der Waals surface area (Å²) in [7, 11) is -0.556. The Hall–Kier alpha value is -2.60. The third kappa shape index (κ3) is 6.28. The summed E-state index contributed by atoms with van der Waals surface area (Å²) >= 11 is 0. The number of methoxy groups -OCH3 is 1. The van der Waals surface area contributed by atoms with E-state index in [4.69, 9.17) is 14.2 Å². The van der Waals surface area contributed by atoms with Crippen LogP contribution in [0.15, 0.2) is 54.6 Å². The number of rotatable bonds is 9. The number of ether oxygens (including phenoxy) is 3. The van der Waals surface area contributed by atoms with Crippen molar-refractivity contribution in [2.45, 2.75) is 42.8 Å². The maximum atomic E-state index is 14.9. The first-order valence-corrected chi connectivity index (χ1v) is 13.8. The molecule has 0 aromatic heterocycles. The summed E-state index contributed by atoms with van der Waals surface area (Å²) in [4.78, 5) is 13.8. The van der Waals surface area contributed by atoms with Crippen molar-refractivity contribution in [3.63, 3.8) is 0 Å². The van der Waals surface area contributed by atoms with Gasteiger partial charge in [-0.25, -0.2) is 12.7 Å². The highest BCUT2D eigenvalue weighted by Gasteiger charge is 2.48. The SMILES string of the molecule is CO[C@@H]1CN(C(=O)C(F)(F)c2ccccc2)C[C@H]1Oc1cccc(CS(=O)(=O)N(C)C2CCOCC2)c1. The van der Waals surface area contributed by atoms with Crippen molar-refractivity contribution in [2.75, 3.05) is 40.5 Å². The van der Waals surface area contributed by atoms with Gasteiger partial charge in [0.05, 0.1) is 18.8 Å². The molecule has 0 saturated carbocycles. The molecule has 0 spiro atoms. The van der Waals surface area contributed by atoms with Crippen molar-refractivity contribution in [1.82, 2.24) is 9.21 Å². The highest BCUT2D eigenvalue weighted by molar-refractivity contribution is 7.88. The quantitative estimate of drug-likeness (QED) is 0.488. The monoisotopic (exact) mass is 538 g/mol. The minimum Gasteiger partial charge on any atom is -0.486 e. The van der Waals surface area contributed by atoms with Gasteiger partial charge in [0.1, 0.15) is 18.0 Å². The Labute approximate surface area is 216 Å². The zero-order chi connectivity index (χ0) is 26.6. The fourth-order valence-electron chi connectivity index (χ4n) is 4.69. The van der Waals surface area contributed by atoms with Crippen LogP contribution in [0.1, 0.15) is 24.0 Å². The molecule has 1 amide bonds. The lowest BCUT2D eigenvalue weighted by atomic mass is 10.1. The molecule has 0 N–H and O–H groups in total. The van der Waals surface area contributed by atoms with Gasteiger partial charge in [0, 0.05) is 39.0 Å². The number of alkyl halides is 2. The molecule has 8 nitrogen and oxygen atoms in total. The molecule has 2 saturated heterocycles. The molecular formula is C26H32F2N2O6S. The molecular weight excluding hydrogens is 506 g/mol. The number of amides is 1. The fraction of sp³-hybridized carbons (Fsp3) is 0.500. The van der Waals surface area contributed by atoms with Gasteiger partial charge in [-0.2, -0.15) is 8.78 Å². The first-order valence-electron chi connectivity index (χ1n) is 12.2. The lowest BCUT2D eigenvalue weighted by molar-refractivity contribution is -0.158. The molecule has 2 heterocycles. The number of hydrogen-bond acceptors (Lipinski definition) is 6. The molecule has 202 valence electrons. The number of carbonyl (C=O) groups is 1. The van der Waals surface area contributed by atoms with E-state index >= 15 is 0 Å². The summed E-state index contributed by atoms with van der Waals surface area (Å²) in [6.07, 6.45) is -0.0190. The average Bonchev–Trinajstić information content (AvgIpc) is 3.31. The van der Waals surface area contributed by atoms with Gasteiger partial charge in [0.15, 0.2) is 0 Å². The van der Waals surface area contributed by atoms with Gasteiger partial charge in [-0.15, -0.1) is 0 Å². The highest BCUT2D eigenvalue weighted by Crippen LogP contribution is 2.32. The van der Waals surface area contributed by atoms with E-state index < -0.39 is 34.1 Å². The molecule has 37 heavy (non-hydrogen) atoms. The minimum absolute atomic E-state index is 0.0492. The second-order valence-electron chi connectivity index (χ2n) is 9.34. The third-order valence-corrected chi connectivity index (χ3v) is 8.76. The number of benzene rings is 2. The zero-order valence-corrected chi connectivity index (χ0v) is 21.7. The van der Waals surface area contributed by atoms with Crippen molar-refractivity contribution in [3.05, 3.63) is 65.7 Å². The van der Waals surface area contributed by atoms with Gasteiger partial charge in [-0.1, -0.05) is 42.5 Å². The van der Waals surface area contributed by atoms with E-state index in [9.17, 15) is 22.0 Å². The summed E-state index contributed by atoms with van der Waals surface area (Å²) in [5.74, 6) is -4.83. The predicted molar refractivity (Wildman–Crippen MR) is 133 cm³/mol. The largest absolute Gasteiger partial charge is 0.486 e. The van der Waals surface area contributed by atoms with Crippen molar-refractivity contribution in [2.24, 2.45) is 0 Å². The Morgan fingerprint density at radius 2 is 1.76 bits per heavy atom. The van der Waals surface area contributed by atoms with Crippen LogP contribution in [0, 0.1) is 0 Å². The van der Waals surface area contributed by atoms with Gasteiger partial charge in [0.25, 0.3) is 5.91 Å². The number of hydrogen-bond donors (Lipinski definition) is 0. The Morgan fingerprint density at radius 3 is 2.43 bits per heavy atom. The summed E-state index contributed by atoms with van der Waals surface area (Å²) < 4.78 is 73.9. The molecule has 2 aliphatic rings. The fourth-order valence-corrected chi connectivity index (χ4v) is 6.16. The molecule has 0 aliphatic carbocycles. The molecule has 0 radical (unpaired) electrons. The Balaban J connectivity index is 1.43. The van der Waals surface area contributed by atoms with Crippen LogP contribution in [-0.4, -0.2) is 82.2 Å². The Bertz CT molecular complexity index is 1170. The molecule has 0 unspecified atom stereocenters. The number of likely N-dealkylation sites (tertiary alicyclic amines) is 1. The second-order valence-corrected chi connectivity index (χ2v) is 11.4. The number of nitrogens with zero attached hydrogens (tertiary/aromatic N) is 2. The maximum absolute atomic E-state index is 14.9. The van der Waals surface area contributed by atoms with Crippen LogP contribution < -0.4 is 4.74 Å². The van der Waals surface area contributed by atoms with Crippen LogP contribution >= 0.6 is 0 Å². The first-order chi connectivity index (χ1) is 17.6. The predicted octanol–water partition coefficient (Wildman–Crippen LogP) is 3.02. The average molecular weight is 539 g/mol. The lowest BCUT2D eigenvalue weighted by Gasteiger charge is -2.30. The van der Waals surface area contributed by atoms with Crippen molar-refractivity contribution >= 4 is 15.9 Å². The van der Waals surface area contributed by atoms with E-state index in [1.807, 2.05) is 0 Å². The first kappa shape index (κ1) is 27.4. The van der Waals surface area contributed by atoms with Gasteiger partial charge >= 0.3 is 5.92 Å². The Morgan fingerprint density at radius 1 is 1.08 bits per heavy atom. The molecule has 4 rings (SSSR count). The van der Waals surface area contributed by atoms with Crippen molar-refractivity contribution in [3.8, 4) is 5.75 Å². The lowest BCUT2D eigenvalue weighted by Crippen LogP contribution is -2.41. The number of sulfonamides is 1. The maximum Gasteiger partial charge on any atom is 0.349 e. The summed E-state index contributed by atoms with van der Waals surface area (Å²) in [6, 6.07) is 13.5. The van der Waals surface area contributed by atoms with Crippen LogP contribution in [-0.2, 0) is 36.0 Å². The zero-order valence-electron chi connectivity index (χ0n) is 20.9. The minimum atomic E-state index is -3.68. The molecule has 2 aromatic rings. The van der Waals surface area contributed by atoms with Crippen LogP contribution in [0.4, 0.5) is 8.78 Å². The molecule has 2 atom stereocenters. The van der Waals surface area contributed by atoms with E-state index in [0.717, 1.165) is 4.90 Å². The van der Waals surface area contributed by atoms with E-state index in [0.29, 0.717) is 37.4 Å².